The van der Waals surface area contributed by atoms with Crippen molar-refractivity contribution < 1.29 is 14.6 Å². The van der Waals surface area contributed by atoms with E-state index in [1.807, 2.05) is 0 Å². The summed E-state index contributed by atoms with van der Waals surface area (Å²) >= 11 is 0. The lowest BCUT2D eigenvalue weighted by Crippen LogP contribution is -2.20. The number of hydrogen-bond donors (Lipinski definition) is 1. The number of rotatable bonds is 17. The molecule has 1 saturated heterocycles. The molecule has 0 bridgehead atoms. The van der Waals surface area contributed by atoms with E-state index >= 15 is 0 Å². The number of hydrogen-bond acceptors (Lipinski definition) is 2. The maximum absolute atomic E-state index is 11.4. The highest BCUT2D eigenvalue weighted by Crippen LogP contribution is 2.24. The summed E-state index contributed by atoms with van der Waals surface area (Å²) in [7, 11) is 0. The summed E-state index contributed by atoms with van der Waals surface area (Å²) in [6.45, 7) is 3.07. The van der Waals surface area contributed by atoms with E-state index in [1.54, 1.807) is 0 Å². The van der Waals surface area contributed by atoms with Crippen molar-refractivity contribution in [3.05, 3.63) is 12.2 Å². The highest BCUT2D eigenvalue weighted by atomic mass is 16.5. The molecule has 0 spiro atoms. The van der Waals surface area contributed by atoms with Gasteiger partial charge in [-0.15, -0.1) is 0 Å². The van der Waals surface area contributed by atoms with Crippen molar-refractivity contribution in [1.29, 1.82) is 0 Å². The van der Waals surface area contributed by atoms with E-state index in [2.05, 4.69) is 19.1 Å². The molecule has 2 atom stereocenters. The first-order valence-corrected chi connectivity index (χ1v) is 11.2. The zero-order chi connectivity index (χ0) is 18.9. The fourth-order valence-electron chi connectivity index (χ4n) is 3.77. The predicted octanol–water partition coefficient (Wildman–Crippen LogP) is 6.90. The average Bonchev–Trinajstić information content (AvgIpc) is 3.14. The molecule has 1 N–H and O–H groups in total. The Kier molecular flexibility index (Phi) is 14.6. The van der Waals surface area contributed by atoms with Crippen LogP contribution in [0.1, 0.15) is 110 Å². The number of carbonyl (C=O) groups is 1. The molecule has 2 unspecified atom stereocenters. The van der Waals surface area contributed by atoms with Gasteiger partial charge in [-0.25, -0.2) is 0 Å². The van der Waals surface area contributed by atoms with Crippen LogP contribution in [0.2, 0.25) is 0 Å². The molecule has 3 nitrogen and oxygen atoms in total. The predicted molar refractivity (Wildman–Crippen MR) is 110 cm³/mol. The molecule has 1 aliphatic rings. The molecule has 3 heteroatoms. The molecule has 0 aromatic rings. The third kappa shape index (κ3) is 12.5. The van der Waals surface area contributed by atoms with Gasteiger partial charge >= 0.3 is 5.97 Å². The Morgan fingerprint density at radius 3 is 2.19 bits per heavy atom. The van der Waals surface area contributed by atoms with E-state index in [-0.39, 0.29) is 12.0 Å². The van der Waals surface area contributed by atoms with Gasteiger partial charge in [0.05, 0.1) is 12.0 Å². The van der Waals surface area contributed by atoms with Crippen LogP contribution in [0.15, 0.2) is 12.2 Å². The van der Waals surface area contributed by atoms with E-state index in [0.717, 1.165) is 38.7 Å². The minimum Gasteiger partial charge on any atom is -0.481 e. The first-order valence-electron chi connectivity index (χ1n) is 11.2. The first-order chi connectivity index (χ1) is 12.7. The van der Waals surface area contributed by atoms with E-state index < -0.39 is 5.97 Å². The maximum atomic E-state index is 11.4. The van der Waals surface area contributed by atoms with Crippen LogP contribution in [-0.2, 0) is 9.53 Å². The molecule has 1 rings (SSSR count). The quantitative estimate of drug-likeness (QED) is 0.225. The van der Waals surface area contributed by atoms with Gasteiger partial charge in [-0.2, -0.15) is 0 Å². The zero-order valence-corrected chi connectivity index (χ0v) is 17.1. The number of carboxylic acids is 1. The third-order valence-electron chi connectivity index (χ3n) is 5.49. The minimum absolute atomic E-state index is 0.188. The smallest absolute Gasteiger partial charge is 0.306 e. The van der Waals surface area contributed by atoms with E-state index in [1.165, 1.54) is 64.2 Å². The molecule has 0 aliphatic carbocycles. The first kappa shape index (κ1) is 23.2. The maximum Gasteiger partial charge on any atom is 0.306 e. The summed E-state index contributed by atoms with van der Waals surface area (Å²) in [6.07, 6.45) is 23.8. The van der Waals surface area contributed by atoms with Crippen LogP contribution in [0.5, 0.6) is 0 Å². The summed E-state index contributed by atoms with van der Waals surface area (Å²) in [6, 6.07) is 0. The second kappa shape index (κ2) is 16.4. The summed E-state index contributed by atoms with van der Waals surface area (Å²) in [5, 5.41) is 9.37. The highest BCUT2D eigenvalue weighted by Gasteiger charge is 2.24. The van der Waals surface area contributed by atoms with Gasteiger partial charge in [-0.05, 0) is 51.4 Å². The van der Waals surface area contributed by atoms with Gasteiger partial charge in [-0.3, -0.25) is 4.79 Å². The Morgan fingerprint density at radius 1 is 1.00 bits per heavy atom. The average molecular weight is 367 g/mol. The van der Waals surface area contributed by atoms with Crippen molar-refractivity contribution in [1.82, 2.24) is 0 Å². The topological polar surface area (TPSA) is 46.5 Å². The summed E-state index contributed by atoms with van der Waals surface area (Å²) in [5.74, 6) is -0.853. The lowest BCUT2D eigenvalue weighted by molar-refractivity contribution is -0.143. The molecule has 0 aromatic heterocycles. The molecule has 152 valence electrons. The monoisotopic (exact) mass is 366 g/mol. The van der Waals surface area contributed by atoms with Crippen molar-refractivity contribution in [3.8, 4) is 0 Å². The second-order valence-corrected chi connectivity index (χ2v) is 7.93. The molecule has 0 aromatic carbocycles. The van der Waals surface area contributed by atoms with Crippen molar-refractivity contribution in [2.45, 2.75) is 116 Å². The summed E-state index contributed by atoms with van der Waals surface area (Å²) < 4.78 is 5.59. The van der Waals surface area contributed by atoms with E-state index in [9.17, 15) is 9.90 Å². The van der Waals surface area contributed by atoms with Gasteiger partial charge in [0.1, 0.15) is 0 Å². The molecule has 1 aliphatic heterocycles. The molecular weight excluding hydrogens is 324 g/mol. The van der Waals surface area contributed by atoms with Crippen LogP contribution >= 0.6 is 0 Å². The lowest BCUT2D eigenvalue weighted by atomic mass is 9.94. The number of carboxylic acid groups (broad SMARTS) is 1. The minimum atomic E-state index is -0.641. The summed E-state index contributed by atoms with van der Waals surface area (Å²) in [4.78, 5) is 11.4. The van der Waals surface area contributed by atoms with Crippen LogP contribution in [0.3, 0.4) is 0 Å². The van der Waals surface area contributed by atoms with E-state index in [0.29, 0.717) is 6.42 Å². The number of unbranched alkanes of at least 4 members (excludes halogenated alkanes) is 10. The van der Waals surface area contributed by atoms with E-state index in [4.69, 9.17) is 4.74 Å². The van der Waals surface area contributed by atoms with Crippen LogP contribution in [-0.4, -0.2) is 23.8 Å². The molecule has 0 saturated carbocycles. The van der Waals surface area contributed by atoms with Crippen molar-refractivity contribution in [2.75, 3.05) is 6.61 Å². The molecule has 26 heavy (non-hydrogen) atoms. The summed E-state index contributed by atoms with van der Waals surface area (Å²) in [5.41, 5.74) is 0. The Hall–Kier alpha value is -0.830. The van der Waals surface area contributed by atoms with Crippen LogP contribution in [0, 0.1) is 5.92 Å². The molecule has 0 radical (unpaired) electrons. The van der Waals surface area contributed by atoms with Crippen molar-refractivity contribution >= 4 is 5.97 Å². The number of aliphatic carboxylic acids is 1. The van der Waals surface area contributed by atoms with Gasteiger partial charge < -0.3 is 9.84 Å². The molecule has 1 heterocycles. The normalized spacial score (nSPS) is 18.6. The van der Waals surface area contributed by atoms with Crippen molar-refractivity contribution in [2.24, 2.45) is 5.92 Å². The van der Waals surface area contributed by atoms with Gasteiger partial charge in [0.25, 0.3) is 0 Å². The number of ether oxygens (including phenoxy) is 1. The Bertz CT molecular complexity index is 358. The Labute approximate surface area is 161 Å². The van der Waals surface area contributed by atoms with Gasteiger partial charge in [0.2, 0.25) is 0 Å². The van der Waals surface area contributed by atoms with Crippen LogP contribution < -0.4 is 0 Å². The molecular formula is C23H42O3. The largest absolute Gasteiger partial charge is 0.481 e. The molecule has 1 fully saturated rings. The van der Waals surface area contributed by atoms with Gasteiger partial charge in [-0.1, -0.05) is 70.4 Å². The fraction of sp³-hybridized carbons (Fsp3) is 0.870. The van der Waals surface area contributed by atoms with Crippen molar-refractivity contribution in [3.63, 3.8) is 0 Å². The Balaban J connectivity index is 1.91. The Morgan fingerprint density at radius 2 is 1.62 bits per heavy atom. The molecule has 0 amide bonds. The highest BCUT2D eigenvalue weighted by molar-refractivity contribution is 5.69. The second-order valence-electron chi connectivity index (χ2n) is 7.93. The third-order valence-corrected chi connectivity index (χ3v) is 5.49. The lowest BCUT2D eigenvalue weighted by Gasteiger charge is -2.16. The number of allylic oxidation sites excluding steroid dienone is 2. The standard InChI is InChI=1S/C23H42O3/c1-2-3-4-5-6-7-8-9-10-11-12-13-14-15-17-21(23(24)25)20-22-18-16-19-26-22/h9-10,21-22H,2-8,11-20H2,1H3,(H,24,25)/b10-9-. The van der Waals surface area contributed by atoms with Crippen LogP contribution in [0.25, 0.3) is 0 Å². The SMILES string of the molecule is CCCCCCCC/C=C\CCCCCCC(CC1CCCO1)C(=O)O. The fourth-order valence-corrected chi connectivity index (χ4v) is 3.77. The van der Waals surface area contributed by atoms with Crippen LogP contribution in [0.4, 0.5) is 0 Å². The zero-order valence-electron chi connectivity index (χ0n) is 17.1. The van der Waals surface area contributed by atoms with Gasteiger partial charge in [0.15, 0.2) is 0 Å². The van der Waals surface area contributed by atoms with Gasteiger partial charge in [0, 0.05) is 6.61 Å².